The first-order valence-corrected chi connectivity index (χ1v) is 7.32. The predicted octanol–water partition coefficient (Wildman–Crippen LogP) is 2.60. The number of rotatable bonds is 3. The molecule has 0 aliphatic carbocycles. The van der Waals surface area contributed by atoms with Gasteiger partial charge in [0.15, 0.2) is 6.61 Å². The molecule has 114 valence electrons. The summed E-state index contributed by atoms with van der Waals surface area (Å²) in [7, 11) is 0. The largest absolute Gasteiger partial charge is 0.507 e. The van der Waals surface area contributed by atoms with E-state index in [0.29, 0.717) is 11.6 Å². The molecule has 1 N–H and O–H groups in total. The zero-order valence-corrected chi connectivity index (χ0v) is 12.6. The van der Waals surface area contributed by atoms with Gasteiger partial charge in [-0.1, -0.05) is 11.6 Å². The number of carbonyl (C=O) groups excluding carboxylic acids is 2. The Labute approximate surface area is 128 Å². The molecule has 0 radical (unpaired) electrons. The van der Waals surface area contributed by atoms with E-state index < -0.39 is 5.97 Å². The monoisotopic (exact) mass is 311 g/mol. The first kappa shape index (κ1) is 15.6. The number of benzene rings is 1. The number of carbonyl (C=O) groups is 2. The van der Waals surface area contributed by atoms with E-state index >= 15 is 0 Å². The zero-order valence-electron chi connectivity index (χ0n) is 11.8. The van der Waals surface area contributed by atoms with Gasteiger partial charge in [-0.05, 0) is 44.4 Å². The summed E-state index contributed by atoms with van der Waals surface area (Å²) in [4.78, 5) is 25.6. The molecule has 0 unspecified atom stereocenters. The van der Waals surface area contributed by atoms with Crippen molar-refractivity contribution < 1.29 is 19.4 Å². The summed E-state index contributed by atoms with van der Waals surface area (Å²) < 4.78 is 4.98. The Morgan fingerprint density at radius 1 is 1.43 bits per heavy atom. The minimum atomic E-state index is -0.734. The van der Waals surface area contributed by atoms with Gasteiger partial charge in [0.1, 0.15) is 11.3 Å². The fourth-order valence-corrected chi connectivity index (χ4v) is 2.60. The van der Waals surface area contributed by atoms with Crippen molar-refractivity contribution in [2.75, 3.05) is 13.2 Å². The smallest absolute Gasteiger partial charge is 0.342 e. The standard InChI is InChI=1S/C15H18ClNO4/c1-10-4-2-3-7-17(10)14(19)9-21-15(20)12-6-5-11(16)8-13(12)18/h5-6,8,10,18H,2-4,7,9H2,1H3/t10-/m0/s1. The van der Waals surface area contributed by atoms with Gasteiger partial charge in [0, 0.05) is 17.6 Å². The lowest BCUT2D eigenvalue weighted by atomic mass is 10.0. The van der Waals surface area contributed by atoms with Gasteiger partial charge in [-0.25, -0.2) is 4.79 Å². The number of nitrogens with zero attached hydrogens (tertiary/aromatic N) is 1. The minimum Gasteiger partial charge on any atom is -0.507 e. The number of hydrogen-bond acceptors (Lipinski definition) is 4. The molecule has 1 saturated heterocycles. The molecule has 1 heterocycles. The molecular weight excluding hydrogens is 294 g/mol. The van der Waals surface area contributed by atoms with Crippen molar-refractivity contribution in [3.05, 3.63) is 28.8 Å². The Morgan fingerprint density at radius 3 is 2.86 bits per heavy atom. The van der Waals surface area contributed by atoms with Gasteiger partial charge in [-0.3, -0.25) is 4.79 Å². The average Bonchev–Trinajstić information content (AvgIpc) is 2.45. The van der Waals surface area contributed by atoms with Crippen LogP contribution in [0.4, 0.5) is 0 Å². The van der Waals surface area contributed by atoms with Crippen LogP contribution in [0.1, 0.15) is 36.5 Å². The summed E-state index contributed by atoms with van der Waals surface area (Å²) in [6.45, 7) is 2.37. The molecule has 0 bridgehead atoms. The van der Waals surface area contributed by atoms with Gasteiger partial charge >= 0.3 is 5.97 Å². The molecule has 1 aromatic rings. The van der Waals surface area contributed by atoms with Crippen molar-refractivity contribution in [2.24, 2.45) is 0 Å². The second kappa shape index (κ2) is 6.80. The molecule has 21 heavy (non-hydrogen) atoms. The zero-order chi connectivity index (χ0) is 15.4. The van der Waals surface area contributed by atoms with Crippen molar-refractivity contribution in [1.82, 2.24) is 4.90 Å². The van der Waals surface area contributed by atoms with Crippen LogP contribution in [0.25, 0.3) is 0 Å². The lowest BCUT2D eigenvalue weighted by molar-refractivity contribution is -0.137. The molecule has 1 aromatic carbocycles. The van der Waals surface area contributed by atoms with Crippen LogP contribution in [0.2, 0.25) is 5.02 Å². The third kappa shape index (κ3) is 3.88. The maximum atomic E-state index is 12.0. The number of likely N-dealkylation sites (tertiary alicyclic amines) is 1. The van der Waals surface area contributed by atoms with E-state index in [4.69, 9.17) is 16.3 Å². The Balaban J connectivity index is 1.92. The maximum absolute atomic E-state index is 12.0. The highest BCUT2D eigenvalue weighted by Crippen LogP contribution is 2.22. The minimum absolute atomic E-state index is 0.00103. The van der Waals surface area contributed by atoms with Crippen LogP contribution in [0.5, 0.6) is 5.75 Å². The Kier molecular flexibility index (Phi) is 5.07. The predicted molar refractivity (Wildman–Crippen MR) is 78.4 cm³/mol. The number of aromatic hydroxyl groups is 1. The van der Waals surface area contributed by atoms with E-state index in [9.17, 15) is 14.7 Å². The van der Waals surface area contributed by atoms with Gasteiger partial charge in [0.05, 0.1) is 0 Å². The maximum Gasteiger partial charge on any atom is 0.342 e. The molecular formula is C15H18ClNO4. The molecule has 0 spiro atoms. The van der Waals surface area contributed by atoms with E-state index in [1.54, 1.807) is 4.90 Å². The number of esters is 1. The van der Waals surface area contributed by atoms with Crippen LogP contribution in [0, 0.1) is 0 Å². The van der Waals surface area contributed by atoms with Crippen LogP contribution in [-0.4, -0.2) is 41.1 Å². The van der Waals surface area contributed by atoms with Gasteiger partial charge in [-0.2, -0.15) is 0 Å². The van der Waals surface area contributed by atoms with Crippen LogP contribution < -0.4 is 0 Å². The Bertz CT molecular complexity index is 546. The summed E-state index contributed by atoms with van der Waals surface area (Å²) in [6, 6.07) is 4.28. The summed E-state index contributed by atoms with van der Waals surface area (Å²) in [5, 5.41) is 9.96. The number of piperidine rings is 1. The number of hydrogen-bond donors (Lipinski definition) is 1. The van der Waals surface area contributed by atoms with Crippen molar-refractivity contribution >= 4 is 23.5 Å². The third-order valence-electron chi connectivity index (χ3n) is 3.63. The molecule has 1 amide bonds. The quantitative estimate of drug-likeness (QED) is 0.871. The summed E-state index contributed by atoms with van der Waals surface area (Å²) >= 11 is 5.69. The second-order valence-electron chi connectivity index (χ2n) is 5.17. The molecule has 1 aliphatic heterocycles. The van der Waals surface area contributed by atoms with Crippen LogP contribution >= 0.6 is 11.6 Å². The summed E-state index contributed by atoms with van der Waals surface area (Å²) in [5.74, 6) is -1.20. The van der Waals surface area contributed by atoms with Crippen LogP contribution in [-0.2, 0) is 9.53 Å². The molecule has 5 nitrogen and oxygen atoms in total. The Hall–Kier alpha value is -1.75. The van der Waals surface area contributed by atoms with E-state index in [0.717, 1.165) is 19.3 Å². The molecule has 2 rings (SSSR count). The number of amides is 1. The molecule has 0 aromatic heterocycles. The van der Waals surface area contributed by atoms with E-state index in [2.05, 4.69) is 0 Å². The lowest BCUT2D eigenvalue weighted by Crippen LogP contribution is -2.44. The highest BCUT2D eigenvalue weighted by molar-refractivity contribution is 6.30. The normalized spacial score (nSPS) is 18.4. The number of phenols is 1. The van der Waals surface area contributed by atoms with Crippen molar-refractivity contribution in [2.45, 2.75) is 32.2 Å². The number of ether oxygens (including phenoxy) is 1. The first-order valence-electron chi connectivity index (χ1n) is 6.94. The molecule has 6 heteroatoms. The number of phenolic OH excluding ortho intramolecular Hbond substituents is 1. The van der Waals surface area contributed by atoms with Crippen molar-refractivity contribution in [3.8, 4) is 5.75 Å². The average molecular weight is 312 g/mol. The first-order chi connectivity index (χ1) is 9.99. The third-order valence-corrected chi connectivity index (χ3v) is 3.86. The molecule has 1 fully saturated rings. The molecule has 1 atom stereocenters. The van der Waals surface area contributed by atoms with Gasteiger partial charge < -0.3 is 14.7 Å². The molecule has 1 aliphatic rings. The van der Waals surface area contributed by atoms with Gasteiger partial charge in [0.25, 0.3) is 5.91 Å². The summed E-state index contributed by atoms with van der Waals surface area (Å²) in [6.07, 6.45) is 3.06. The van der Waals surface area contributed by atoms with Gasteiger partial charge in [0.2, 0.25) is 0 Å². The van der Waals surface area contributed by atoms with E-state index in [-0.39, 0.29) is 29.9 Å². The van der Waals surface area contributed by atoms with Crippen molar-refractivity contribution in [1.29, 1.82) is 0 Å². The van der Waals surface area contributed by atoms with Crippen molar-refractivity contribution in [3.63, 3.8) is 0 Å². The van der Waals surface area contributed by atoms with Crippen LogP contribution in [0.15, 0.2) is 18.2 Å². The SMILES string of the molecule is C[C@H]1CCCCN1C(=O)COC(=O)c1ccc(Cl)cc1O. The van der Waals surface area contributed by atoms with E-state index in [1.165, 1.54) is 18.2 Å². The van der Waals surface area contributed by atoms with Crippen LogP contribution in [0.3, 0.4) is 0 Å². The molecule has 0 saturated carbocycles. The highest BCUT2D eigenvalue weighted by atomic mass is 35.5. The summed E-state index contributed by atoms with van der Waals surface area (Å²) in [5.41, 5.74) is -0.00103. The fourth-order valence-electron chi connectivity index (χ4n) is 2.43. The Morgan fingerprint density at radius 2 is 2.19 bits per heavy atom. The highest BCUT2D eigenvalue weighted by Gasteiger charge is 2.24. The van der Waals surface area contributed by atoms with Gasteiger partial charge in [-0.15, -0.1) is 0 Å². The fraction of sp³-hybridized carbons (Fsp3) is 0.467. The topological polar surface area (TPSA) is 66.8 Å². The number of halogens is 1. The second-order valence-corrected chi connectivity index (χ2v) is 5.61. The lowest BCUT2D eigenvalue weighted by Gasteiger charge is -2.33. The van der Waals surface area contributed by atoms with E-state index in [1.807, 2.05) is 6.92 Å².